The van der Waals surface area contributed by atoms with Crippen molar-refractivity contribution in [2.45, 2.75) is 53.4 Å². The maximum Gasteiger partial charge on any atom is 0.302 e. The van der Waals surface area contributed by atoms with Crippen LogP contribution in [0.1, 0.15) is 53.4 Å². The van der Waals surface area contributed by atoms with Crippen molar-refractivity contribution in [3.05, 3.63) is 11.6 Å². The van der Waals surface area contributed by atoms with Gasteiger partial charge in [-0.05, 0) is 59.8 Å². The molecule has 19 heavy (non-hydrogen) atoms. The van der Waals surface area contributed by atoms with E-state index in [2.05, 4.69) is 26.8 Å². The van der Waals surface area contributed by atoms with Crippen molar-refractivity contribution in [2.75, 3.05) is 6.61 Å². The summed E-state index contributed by atoms with van der Waals surface area (Å²) in [4.78, 5) is 11.1. The molecule has 2 fully saturated rings. The number of carbonyl (C=O) groups excluding carboxylic acids is 1. The minimum atomic E-state index is -0.163. The van der Waals surface area contributed by atoms with Gasteiger partial charge in [-0.2, -0.15) is 0 Å². The van der Waals surface area contributed by atoms with Crippen LogP contribution in [-0.4, -0.2) is 12.6 Å². The zero-order chi connectivity index (χ0) is 13.8. The maximum atomic E-state index is 11.1. The number of carbonyl (C=O) groups is 1. The molecule has 0 aliphatic heterocycles. The van der Waals surface area contributed by atoms with Crippen LogP contribution < -0.4 is 0 Å². The van der Waals surface area contributed by atoms with Gasteiger partial charge in [0.2, 0.25) is 0 Å². The van der Waals surface area contributed by atoms with Gasteiger partial charge in [-0.15, -0.1) is 0 Å². The monoisotopic (exact) mass is 262 g/mol. The molecular formula is C17H26O2. The van der Waals surface area contributed by atoms with E-state index in [-0.39, 0.29) is 5.97 Å². The summed E-state index contributed by atoms with van der Waals surface area (Å²) in [6, 6.07) is 0. The third-order valence-corrected chi connectivity index (χ3v) is 6.67. The highest BCUT2D eigenvalue weighted by atomic mass is 16.5. The minimum Gasteiger partial charge on any atom is -0.461 e. The zero-order valence-corrected chi connectivity index (χ0v) is 12.7. The lowest BCUT2D eigenvalue weighted by molar-refractivity contribution is -0.140. The van der Waals surface area contributed by atoms with Crippen molar-refractivity contribution in [1.82, 2.24) is 0 Å². The van der Waals surface area contributed by atoms with E-state index in [4.69, 9.17) is 4.74 Å². The Bertz CT molecular complexity index is 439. The molecule has 0 N–H and O–H groups in total. The minimum absolute atomic E-state index is 0.163. The molecule has 2 nitrogen and oxygen atoms in total. The van der Waals surface area contributed by atoms with Gasteiger partial charge in [-0.3, -0.25) is 4.79 Å². The smallest absolute Gasteiger partial charge is 0.302 e. The Balaban J connectivity index is 1.90. The highest BCUT2D eigenvalue weighted by Crippen LogP contribution is 2.73. The number of hydrogen-bond acceptors (Lipinski definition) is 2. The number of allylic oxidation sites excluding steroid dienone is 1. The first-order valence-electron chi connectivity index (χ1n) is 7.76. The second kappa shape index (κ2) is 4.10. The van der Waals surface area contributed by atoms with Gasteiger partial charge in [0.15, 0.2) is 0 Å². The van der Waals surface area contributed by atoms with Crippen LogP contribution in [0, 0.1) is 28.6 Å². The lowest BCUT2D eigenvalue weighted by Gasteiger charge is -2.42. The van der Waals surface area contributed by atoms with Crippen LogP contribution in [0.2, 0.25) is 0 Å². The van der Waals surface area contributed by atoms with E-state index in [0.29, 0.717) is 23.4 Å². The molecular weight excluding hydrogens is 236 g/mol. The Hall–Kier alpha value is -0.790. The Morgan fingerprint density at radius 1 is 1.37 bits per heavy atom. The van der Waals surface area contributed by atoms with Crippen molar-refractivity contribution < 1.29 is 9.53 Å². The summed E-state index contributed by atoms with van der Waals surface area (Å²) in [6.45, 7) is 9.26. The van der Waals surface area contributed by atoms with E-state index in [9.17, 15) is 4.79 Å². The van der Waals surface area contributed by atoms with Crippen LogP contribution in [0.3, 0.4) is 0 Å². The van der Waals surface area contributed by atoms with E-state index in [1.165, 1.54) is 38.2 Å². The topological polar surface area (TPSA) is 26.3 Å². The van der Waals surface area contributed by atoms with Gasteiger partial charge in [0, 0.05) is 6.92 Å². The van der Waals surface area contributed by atoms with Crippen molar-refractivity contribution in [2.24, 2.45) is 28.6 Å². The van der Waals surface area contributed by atoms with Gasteiger partial charge in [0.25, 0.3) is 0 Å². The lowest BCUT2D eigenvalue weighted by Crippen LogP contribution is -2.38. The van der Waals surface area contributed by atoms with Crippen molar-refractivity contribution >= 4 is 5.97 Å². The van der Waals surface area contributed by atoms with E-state index < -0.39 is 0 Å². The summed E-state index contributed by atoms with van der Waals surface area (Å²) in [5, 5.41) is 0. The molecule has 2 heteroatoms. The van der Waals surface area contributed by atoms with Gasteiger partial charge < -0.3 is 4.74 Å². The van der Waals surface area contributed by atoms with Gasteiger partial charge in [-0.1, -0.05) is 26.8 Å². The molecule has 3 aliphatic rings. The van der Waals surface area contributed by atoms with Gasteiger partial charge >= 0.3 is 5.97 Å². The van der Waals surface area contributed by atoms with E-state index >= 15 is 0 Å². The summed E-state index contributed by atoms with van der Waals surface area (Å²) in [7, 11) is 0. The fourth-order valence-corrected chi connectivity index (χ4v) is 5.76. The largest absolute Gasteiger partial charge is 0.461 e. The molecule has 0 aromatic rings. The molecule has 2 saturated carbocycles. The Labute approximate surface area is 116 Å². The molecule has 5 atom stereocenters. The highest BCUT2D eigenvalue weighted by Gasteiger charge is 2.65. The van der Waals surface area contributed by atoms with Crippen molar-refractivity contribution in [3.8, 4) is 0 Å². The third kappa shape index (κ3) is 1.58. The van der Waals surface area contributed by atoms with Gasteiger partial charge in [-0.25, -0.2) is 0 Å². The second-order valence-corrected chi connectivity index (χ2v) is 7.34. The maximum absolute atomic E-state index is 11.1. The lowest BCUT2D eigenvalue weighted by atomic mass is 9.61. The van der Waals surface area contributed by atoms with Crippen LogP contribution >= 0.6 is 0 Å². The molecule has 0 heterocycles. The van der Waals surface area contributed by atoms with Crippen LogP contribution in [0.4, 0.5) is 0 Å². The summed E-state index contributed by atoms with van der Waals surface area (Å²) in [5.74, 6) is 2.16. The predicted molar refractivity (Wildman–Crippen MR) is 75.5 cm³/mol. The third-order valence-electron chi connectivity index (χ3n) is 6.67. The molecule has 0 aromatic heterocycles. The number of hydrogen-bond donors (Lipinski definition) is 0. The molecule has 0 amide bonds. The Morgan fingerprint density at radius 3 is 2.79 bits per heavy atom. The standard InChI is InChI=1S/C17H26O2/c1-11-5-8-17-12(2)14(10-19-13(3)18)9-16(17,4)7-6-15(11)17/h9,11-12,15H,5-8,10H2,1-4H3. The molecule has 0 saturated heterocycles. The molecule has 0 bridgehead atoms. The molecule has 0 aromatic carbocycles. The van der Waals surface area contributed by atoms with E-state index in [1.54, 1.807) is 0 Å². The van der Waals surface area contributed by atoms with Crippen LogP contribution in [0.25, 0.3) is 0 Å². The molecule has 1 spiro atoms. The van der Waals surface area contributed by atoms with Gasteiger partial charge in [0.1, 0.15) is 6.61 Å². The predicted octanol–water partition coefficient (Wildman–Crippen LogP) is 3.96. The quantitative estimate of drug-likeness (QED) is 0.556. The molecule has 3 aliphatic carbocycles. The first-order valence-corrected chi connectivity index (χ1v) is 7.76. The summed E-state index contributed by atoms with van der Waals surface area (Å²) in [5.41, 5.74) is 2.18. The number of ether oxygens (including phenoxy) is 1. The molecule has 3 rings (SSSR count). The molecule has 106 valence electrons. The van der Waals surface area contributed by atoms with Crippen LogP contribution in [0.5, 0.6) is 0 Å². The first kappa shape index (κ1) is 13.2. The van der Waals surface area contributed by atoms with Crippen molar-refractivity contribution in [3.63, 3.8) is 0 Å². The zero-order valence-electron chi connectivity index (χ0n) is 12.7. The normalized spacial score (nSPS) is 47.8. The fraction of sp³-hybridized carbons (Fsp3) is 0.824. The average Bonchev–Trinajstić information content (AvgIpc) is 2.89. The fourth-order valence-electron chi connectivity index (χ4n) is 5.76. The molecule has 0 radical (unpaired) electrons. The van der Waals surface area contributed by atoms with E-state index in [0.717, 1.165) is 11.8 Å². The SMILES string of the molecule is CC(=O)OCC1=CC2(C)CCC3C(C)CCC32C1C. The highest BCUT2D eigenvalue weighted by molar-refractivity contribution is 5.66. The number of esters is 1. The Kier molecular flexibility index (Phi) is 2.85. The number of rotatable bonds is 2. The average molecular weight is 262 g/mol. The summed E-state index contributed by atoms with van der Waals surface area (Å²) in [6.07, 6.45) is 7.91. The second-order valence-electron chi connectivity index (χ2n) is 7.34. The molecule has 5 unspecified atom stereocenters. The summed E-state index contributed by atoms with van der Waals surface area (Å²) < 4.78 is 5.27. The Morgan fingerprint density at radius 2 is 2.11 bits per heavy atom. The first-order chi connectivity index (χ1) is 8.91. The van der Waals surface area contributed by atoms with Crippen LogP contribution in [-0.2, 0) is 9.53 Å². The van der Waals surface area contributed by atoms with Crippen molar-refractivity contribution in [1.29, 1.82) is 0 Å². The van der Waals surface area contributed by atoms with Gasteiger partial charge in [0.05, 0.1) is 0 Å². The van der Waals surface area contributed by atoms with Crippen LogP contribution in [0.15, 0.2) is 11.6 Å². The summed E-state index contributed by atoms with van der Waals surface area (Å²) >= 11 is 0. The van der Waals surface area contributed by atoms with E-state index in [1.807, 2.05) is 0 Å².